The summed E-state index contributed by atoms with van der Waals surface area (Å²) in [6.07, 6.45) is 7.29. The van der Waals surface area contributed by atoms with Crippen LogP contribution in [0.4, 0.5) is 0 Å². The van der Waals surface area contributed by atoms with E-state index in [-0.39, 0.29) is 24.5 Å². The van der Waals surface area contributed by atoms with Gasteiger partial charge in [0, 0.05) is 12.6 Å². The van der Waals surface area contributed by atoms with Gasteiger partial charge in [0.1, 0.15) is 0 Å². The van der Waals surface area contributed by atoms with E-state index in [9.17, 15) is 4.79 Å². The molecule has 2 aromatic heterocycles. The zero-order valence-corrected chi connectivity index (χ0v) is 18.0. The molecule has 0 aliphatic carbocycles. The number of nitrogens with zero attached hydrogens (tertiary/aromatic N) is 4. The minimum atomic E-state index is -0.382. The molecular weight excluding hydrogens is 402 g/mol. The Balaban J connectivity index is 1.65. The molecular formula is C25H27N5O2. The zero-order valence-electron chi connectivity index (χ0n) is 18.0. The number of esters is 1. The molecule has 32 heavy (non-hydrogen) atoms. The van der Waals surface area contributed by atoms with E-state index >= 15 is 0 Å². The second-order valence-electron chi connectivity index (χ2n) is 7.59. The summed E-state index contributed by atoms with van der Waals surface area (Å²) >= 11 is 0. The lowest BCUT2D eigenvalue weighted by atomic mass is 10.0. The Morgan fingerprint density at radius 2 is 1.53 bits per heavy atom. The number of hydrogen-bond donors (Lipinski definition) is 1. The molecule has 164 valence electrons. The summed E-state index contributed by atoms with van der Waals surface area (Å²) in [5.41, 5.74) is 10.7. The minimum absolute atomic E-state index is 0.153. The molecule has 4 aromatic rings. The molecule has 0 saturated carbocycles. The third kappa shape index (κ3) is 4.78. The van der Waals surface area contributed by atoms with Gasteiger partial charge in [-0.15, -0.1) is 0 Å². The maximum atomic E-state index is 12.5. The zero-order chi connectivity index (χ0) is 22.3. The summed E-state index contributed by atoms with van der Waals surface area (Å²) < 4.78 is 9.25. The van der Waals surface area contributed by atoms with Crippen LogP contribution in [0.1, 0.15) is 19.4 Å². The molecule has 7 nitrogen and oxygen atoms in total. The average Bonchev–Trinajstić information content (AvgIpc) is 3.48. The Hall–Kier alpha value is -3.71. The van der Waals surface area contributed by atoms with Crippen molar-refractivity contribution in [1.82, 2.24) is 19.1 Å². The van der Waals surface area contributed by atoms with Crippen LogP contribution >= 0.6 is 0 Å². The molecule has 0 spiro atoms. The highest BCUT2D eigenvalue weighted by Crippen LogP contribution is 2.27. The lowest BCUT2D eigenvalue weighted by molar-refractivity contribution is -0.144. The summed E-state index contributed by atoms with van der Waals surface area (Å²) in [5.74, 6) is -0.283. The van der Waals surface area contributed by atoms with Crippen LogP contribution in [0.2, 0.25) is 0 Å². The van der Waals surface area contributed by atoms with Gasteiger partial charge in [-0.25, -0.2) is 9.97 Å². The maximum Gasteiger partial charge on any atom is 0.307 e. The Morgan fingerprint density at radius 3 is 2.19 bits per heavy atom. The summed E-state index contributed by atoms with van der Waals surface area (Å²) in [4.78, 5) is 21.1. The van der Waals surface area contributed by atoms with E-state index in [0.717, 1.165) is 22.5 Å². The van der Waals surface area contributed by atoms with Crippen molar-refractivity contribution >= 4 is 5.97 Å². The highest BCUT2D eigenvalue weighted by atomic mass is 16.5. The van der Waals surface area contributed by atoms with Gasteiger partial charge in [-0.3, -0.25) is 4.79 Å². The number of carbonyl (C=O) groups is 1. The van der Waals surface area contributed by atoms with E-state index in [1.54, 1.807) is 25.8 Å². The number of nitrogens with two attached hydrogens (primary N) is 1. The molecule has 0 saturated heterocycles. The Bertz CT molecular complexity index is 1140. The SMILES string of the molecule is CCOC(=O)CC(C(N)Cn1cncc1-c1ccccc1)n1cncc1-c1ccccc1. The van der Waals surface area contributed by atoms with Crippen molar-refractivity contribution < 1.29 is 9.53 Å². The molecule has 2 aromatic carbocycles. The molecule has 2 N–H and O–H groups in total. The normalized spacial score (nSPS) is 12.9. The quantitative estimate of drug-likeness (QED) is 0.407. The van der Waals surface area contributed by atoms with Crippen LogP contribution in [0.3, 0.4) is 0 Å². The van der Waals surface area contributed by atoms with Crippen molar-refractivity contribution in [1.29, 1.82) is 0 Å². The van der Waals surface area contributed by atoms with Gasteiger partial charge in [-0.2, -0.15) is 0 Å². The van der Waals surface area contributed by atoms with Gasteiger partial charge in [0.05, 0.1) is 55.5 Å². The van der Waals surface area contributed by atoms with Gasteiger partial charge in [-0.05, 0) is 18.1 Å². The van der Waals surface area contributed by atoms with Crippen molar-refractivity contribution in [2.75, 3.05) is 6.61 Å². The third-order valence-electron chi connectivity index (χ3n) is 5.46. The van der Waals surface area contributed by atoms with Gasteiger partial charge >= 0.3 is 5.97 Å². The second kappa shape index (κ2) is 10.1. The van der Waals surface area contributed by atoms with Crippen LogP contribution in [-0.2, 0) is 16.1 Å². The molecule has 0 aliphatic rings. The van der Waals surface area contributed by atoms with Gasteiger partial charge in [0.2, 0.25) is 0 Å². The summed E-state index contributed by atoms with van der Waals surface area (Å²) in [6.45, 7) is 2.62. The van der Waals surface area contributed by atoms with Crippen molar-refractivity contribution in [2.45, 2.75) is 32.0 Å². The van der Waals surface area contributed by atoms with Crippen LogP contribution in [0.15, 0.2) is 85.7 Å². The standard InChI is InChI=1S/C25H27N5O2/c1-2-32-25(31)13-22(30-18-28-15-24(30)20-11-7-4-8-12-20)21(26)16-29-17-27-14-23(29)19-9-5-3-6-10-19/h3-12,14-15,17-18,21-22H,2,13,16,26H2,1H3. The predicted octanol–water partition coefficient (Wildman–Crippen LogP) is 3.94. The monoisotopic (exact) mass is 429 g/mol. The highest BCUT2D eigenvalue weighted by molar-refractivity contribution is 5.70. The number of imidazole rings is 2. The van der Waals surface area contributed by atoms with E-state index in [4.69, 9.17) is 10.5 Å². The number of rotatable bonds is 9. The first-order valence-corrected chi connectivity index (χ1v) is 10.7. The molecule has 0 amide bonds. The van der Waals surface area contributed by atoms with Gasteiger partial charge < -0.3 is 19.6 Å². The molecule has 2 unspecified atom stereocenters. The second-order valence-corrected chi connectivity index (χ2v) is 7.59. The fraction of sp³-hybridized carbons (Fsp3) is 0.240. The largest absolute Gasteiger partial charge is 0.466 e. The smallest absolute Gasteiger partial charge is 0.307 e. The van der Waals surface area contributed by atoms with Gasteiger partial charge in [0.25, 0.3) is 0 Å². The van der Waals surface area contributed by atoms with Crippen molar-refractivity contribution in [3.8, 4) is 22.5 Å². The van der Waals surface area contributed by atoms with E-state index in [0.29, 0.717) is 13.2 Å². The average molecular weight is 430 g/mol. The molecule has 0 fully saturated rings. The fourth-order valence-corrected chi connectivity index (χ4v) is 3.91. The first kappa shape index (κ1) is 21.5. The molecule has 4 rings (SSSR count). The lowest BCUT2D eigenvalue weighted by Crippen LogP contribution is -2.38. The van der Waals surface area contributed by atoms with E-state index in [1.165, 1.54) is 0 Å². The number of aromatic nitrogens is 4. The molecule has 0 bridgehead atoms. The number of benzene rings is 2. The Labute approximate surface area is 187 Å². The highest BCUT2D eigenvalue weighted by Gasteiger charge is 2.27. The van der Waals surface area contributed by atoms with Crippen LogP contribution in [-0.4, -0.2) is 37.7 Å². The lowest BCUT2D eigenvalue weighted by Gasteiger charge is -2.27. The van der Waals surface area contributed by atoms with Crippen LogP contribution in [0, 0.1) is 0 Å². The van der Waals surface area contributed by atoms with Crippen molar-refractivity contribution in [3.63, 3.8) is 0 Å². The summed E-state index contributed by atoms with van der Waals surface area (Å²) in [6, 6.07) is 19.3. The first-order chi connectivity index (χ1) is 15.7. The van der Waals surface area contributed by atoms with E-state index in [1.807, 2.05) is 76.0 Å². The van der Waals surface area contributed by atoms with Gasteiger partial charge in [-0.1, -0.05) is 60.7 Å². The Kier molecular flexibility index (Phi) is 6.77. The molecule has 2 heterocycles. The Morgan fingerprint density at radius 1 is 0.938 bits per heavy atom. The van der Waals surface area contributed by atoms with Crippen molar-refractivity contribution in [3.05, 3.63) is 85.7 Å². The molecule has 2 atom stereocenters. The molecule has 0 aliphatic heterocycles. The van der Waals surface area contributed by atoms with Crippen LogP contribution in [0.5, 0.6) is 0 Å². The third-order valence-corrected chi connectivity index (χ3v) is 5.46. The molecule has 7 heteroatoms. The van der Waals surface area contributed by atoms with Crippen LogP contribution in [0.25, 0.3) is 22.5 Å². The maximum absolute atomic E-state index is 12.5. The minimum Gasteiger partial charge on any atom is -0.466 e. The predicted molar refractivity (Wildman–Crippen MR) is 124 cm³/mol. The molecule has 0 radical (unpaired) electrons. The summed E-state index contributed by atoms with van der Waals surface area (Å²) in [5, 5.41) is 0. The van der Waals surface area contributed by atoms with Gasteiger partial charge in [0.15, 0.2) is 0 Å². The topological polar surface area (TPSA) is 88.0 Å². The van der Waals surface area contributed by atoms with E-state index in [2.05, 4.69) is 9.97 Å². The van der Waals surface area contributed by atoms with Crippen LogP contribution < -0.4 is 5.73 Å². The number of hydrogen-bond acceptors (Lipinski definition) is 5. The first-order valence-electron chi connectivity index (χ1n) is 10.7. The van der Waals surface area contributed by atoms with E-state index < -0.39 is 0 Å². The number of ether oxygens (including phenoxy) is 1. The fourth-order valence-electron chi connectivity index (χ4n) is 3.91. The van der Waals surface area contributed by atoms with Crippen molar-refractivity contribution in [2.24, 2.45) is 5.73 Å². The number of carbonyl (C=O) groups excluding carboxylic acids is 1. The summed E-state index contributed by atoms with van der Waals surface area (Å²) in [7, 11) is 0.